The van der Waals surface area contributed by atoms with Crippen molar-refractivity contribution in [3.63, 3.8) is 0 Å². The van der Waals surface area contributed by atoms with Gasteiger partial charge in [-0.2, -0.15) is 0 Å². The van der Waals surface area contributed by atoms with Gasteiger partial charge < -0.3 is 23.7 Å². The topological polar surface area (TPSA) is 63.2 Å². The third kappa shape index (κ3) is 24.1. The summed E-state index contributed by atoms with van der Waals surface area (Å²) in [6, 6.07) is 0. The first-order valence-corrected chi connectivity index (χ1v) is 12.4. The molecule has 0 aliphatic carbocycles. The molecule has 6 nitrogen and oxygen atoms in total. The second-order valence-corrected chi connectivity index (χ2v) is 7.66. The summed E-state index contributed by atoms with van der Waals surface area (Å²) in [5.74, 6) is -0.131. The number of esters is 1. The molecular weight excluding hydrogens is 475 g/mol. The first kappa shape index (κ1) is 28.0. The number of alkyl halides is 1. The second-order valence-electron chi connectivity index (χ2n) is 6.58. The van der Waals surface area contributed by atoms with E-state index in [1.807, 2.05) is 0 Å². The van der Waals surface area contributed by atoms with Crippen LogP contribution >= 0.6 is 22.6 Å². The molecule has 0 amide bonds. The van der Waals surface area contributed by atoms with Crippen molar-refractivity contribution in [3.05, 3.63) is 0 Å². The van der Waals surface area contributed by atoms with Crippen LogP contribution in [0.15, 0.2) is 0 Å². The first-order chi connectivity index (χ1) is 13.8. The third-order valence-corrected chi connectivity index (χ3v) is 4.78. The van der Waals surface area contributed by atoms with Crippen molar-refractivity contribution in [3.8, 4) is 0 Å². The SMILES string of the molecule is CCCCCCC(=O)OCCOCCOCCOCCOCCCCCCI. The Kier molecular flexibility index (Phi) is 25.1. The smallest absolute Gasteiger partial charge is 0.305 e. The molecular formula is C21H41IO6. The van der Waals surface area contributed by atoms with Crippen LogP contribution in [0.3, 0.4) is 0 Å². The molecule has 0 aromatic heterocycles. The molecule has 0 aromatic rings. The Morgan fingerprint density at radius 3 is 1.68 bits per heavy atom. The monoisotopic (exact) mass is 516 g/mol. The minimum atomic E-state index is -0.131. The van der Waals surface area contributed by atoms with Gasteiger partial charge in [-0.05, 0) is 23.7 Å². The first-order valence-electron chi connectivity index (χ1n) is 10.8. The fourth-order valence-electron chi connectivity index (χ4n) is 2.40. The van der Waals surface area contributed by atoms with Gasteiger partial charge in [-0.1, -0.05) is 61.6 Å². The molecule has 0 spiro atoms. The molecule has 28 heavy (non-hydrogen) atoms. The lowest BCUT2D eigenvalue weighted by molar-refractivity contribution is -0.145. The number of unbranched alkanes of at least 4 members (excludes halogenated alkanes) is 6. The van der Waals surface area contributed by atoms with Gasteiger partial charge in [0.1, 0.15) is 6.61 Å². The largest absolute Gasteiger partial charge is 0.463 e. The molecule has 0 bridgehead atoms. The van der Waals surface area contributed by atoms with Gasteiger partial charge in [0.2, 0.25) is 0 Å². The van der Waals surface area contributed by atoms with Gasteiger partial charge in [0, 0.05) is 13.0 Å². The highest BCUT2D eigenvalue weighted by Crippen LogP contribution is 2.03. The standard InChI is InChI=1S/C21H41IO6/c1-2-3-4-7-10-21(23)28-20-19-27-18-17-26-16-15-25-14-13-24-12-9-6-5-8-11-22/h2-20H2,1H3. The van der Waals surface area contributed by atoms with E-state index in [1.165, 1.54) is 36.5 Å². The van der Waals surface area contributed by atoms with E-state index in [1.54, 1.807) is 0 Å². The molecule has 0 atom stereocenters. The summed E-state index contributed by atoms with van der Waals surface area (Å²) >= 11 is 2.42. The maximum Gasteiger partial charge on any atom is 0.305 e. The molecule has 0 rings (SSSR count). The van der Waals surface area contributed by atoms with Crippen molar-refractivity contribution in [2.24, 2.45) is 0 Å². The zero-order chi connectivity index (χ0) is 20.5. The molecule has 168 valence electrons. The fraction of sp³-hybridized carbons (Fsp3) is 0.952. The number of carbonyl (C=O) groups is 1. The highest BCUT2D eigenvalue weighted by molar-refractivity contribution is 14.1. The van der Waals surface area contributed by atoms with E-state index in [0.717, 1.165) is 25.9 Å². The Labute approximate surface area is 185 Å². The summed E-state index contributed by atoms with van der Waals surface area (Å²) in [6.45, 7) is 7.08. The molecule has 0 aliphatic rings. The van der Waals surface area contributed by atoms with Gasteiger partial charge >= 0.3 is 5.97 Å². The molecule has 0 unspecified atom stereocenters. The molecule has 0 radical (unpaired) electrons. The van der Waals surface area contributed by atoms with Gasteiger partial charge in [0.15, 0.2) is 0 Å². The van der Waals surface area contributed by atoms with Crippen LogP contribution in [-0.4, -0.2) is 69.9 Å². The predicted octanol–water partition coefficient (Wildman–Crippen LogP) is 4.56. The molecule has 7 heteroatoms. The lowest BCUT2D eigenvalue weighted by Crippen LogP contribution is -2.14. The summed E-state index contributed by atoms with van der Waals surface area (Å²) in [6.07, 6.45) is 9.85. The van der Waals surface area contributed by atoms with Gasteiger partial charge in [-0.3, -0.25) is 4.79 Å². The Hall–Kier alpha value is 0.0400. The fourth-order valence-corrected chi connectivity index (χ4v) is 2.94. The highest BCUT2D eigenvalue weighted by atomic mass is 127. The van der Waals surface area contributed by atoms with Crippen LogP contribution in [0.1, 0.15) is 64.7 Å². The van der Waals surface area contributed by atoms with E-state index in [0.29, 0.717) is 59.3 Å². The lowest BCUT2D eigenvalue weighted by Gasteiger charge is -2.08. The van der Waals surface area contributed by atoms with Crippen molar-refractivity contribution < 1.29 is 28.5 Å². The number of ether oxygens (including phenoxy) is 5. The summed E-state index contributed by atoms with van der Waals surface area (Å²) in [5, 5.41) is 0. The Morgan fingerprint density at radius 1 is 0.607 bits per heavy atom. The minimum absolute atomic E-state index is 0.131. The molecule has 0 aliphatic heterocycles. The van der Waals surface area contributed by atoms with Crippen LogP contribution in [0.2, 0.25) is 0 Å². The van der Waals surface area contributed by atoms with Crippen LogP contribution in [0.25, 0.3) is 0 Å². The molecule has 0 saturated carbocycles. The van der Waals surface area contributed by atoms with Crippen molar-refractivity contribution in [1.82, 2.24) is 0 Å². The maximum atomic E-state index is 11.5. The van der Waals surface area contributed by atoms with Crippen molar-refractivity contribution in [1.29, 1.82) is 0 Å². The lowest BCUT2D eigenvalue weighted by atomic mass is 10.2. The van der Waals surface area contributed by atoms with Gasteiger partial charge in [-0.15, -0.1) is 0 Å². The summed E-state index contributed by atoms with van der Waals surface area (Å²) in [7, 11) is 0. The quantitative estimate of drug-likeness (QED) is 0.0859. The Morgan fingerprint density at radius 2 is 1.11 bits per heavy atom. The highest BCUT2D eigenvalue weighted by Gasteiger charge is 2.02. The van der Waals surface area contributed by atoms with Crippen molar-refractivity contribution in [2.75, 3.05) is 63.9 Å². The average molecular weight is 516 g/mol. The number of carbonyl (C=O) groups excluding carboxylic acids is 1. The van der Waals surface area contributed by atoms with Crippen LogP contribution in [0.4, 0.5) is 0 Å². The van der Waals surface area contributed by atoms with Gasteiger partial charge in [0.25, 0.3) is 0 Å². The van der Waals surface area contributed by atoms with E-state index in [2.05, 4.69) is 29.5 Å². The predicted molar refractivity (Wildman–Crippen MR) is 120 cm³/mol. The zero-order valence-electron chi connectivity index (χ0n) is 17.8. The van der Waals surface area contributed by atoms with Crippen LogP contribution < -0.4 is 0 Å². The van der Waals surface area contributed by atoms with E-state index >= 15 is 0 Å². The Balaban J connectivity index is 3.07. The van der Waals surface area contributed by atoms with Crippen molar-refractivity contribution in [2.45, 2.75) is 64.7 Å². The molecule has 0 fully saturated rings. The Bertz CT molecular complexity index is 317. The number of hydrogen-bond donors (Lipinski definition) is 0. The summed E-state index contributed by atoms with van der Waals surface area (Å²) in [4.78, 5) is 11.5. The normalized spacial score (nSPS) is 11.1. The maximum absolute atomic E-state index is 11.5. The van der Waals surface area contributed by atoms with Crippen molar-refractivity contribution >= 4 is 28.6 Å². The minimum Gasteiger partial charge on any atom is -0.463 e. The van der Waals surface area contributed by atoms with E-state index in [-0.39, 0.29) is 5.97 Å². The molecule has 0 saturated heterocycles. The second kappa shape index (κ2) is 25.1. The summed E-state index contributed by atoms with van der Waals surface area (Å²) < 4.78 is 28.1. The van der Waals surface area contributed by atoms with E-state index in [4.69, 9.17) is 23.7 Å². The molecule has 0 N–H and O–H groups in total. The van der Waals surface area contributed by atoms with E-state index < -0.39 is 0 Å². The molecule has 0 aromatic carbocycles. The number of halogens is 1. The number of hydrogen-bond acceptors (Lipinski definition) is 6. The average Bonchev–Trinajstić information content (AvgIpc) is 2.70. The third-order valence-electron chi connectivity index (χ3n) is 4.01. The van der Waals surface area contributed by atoms with Gasteiger partial charge in [-0.25, -0.2) is 0 Å². The summed E-state index contributed by atoms with van der Waals surface area (Å²) in [5.41, 5.74) is 0. The van der Waals surface area contributed by atoms with Gasteiger partial charge in [0.05, 0.1) is 46.2 Å². The van der Waals surface area contributed by atoms with Crippen LogP contribution in [-0.2, 0) is 28.5 Å². The van der Waals surface area contributed by atoms with Crippen LogP contribution in [0, 0.1) is 0 Å². The molecule has 0 heterocycles. The number of rotatable bonds is 23. The van der Waals surface area contributed by atoms with Crippen LogP contribution in [0.5, 0.6) is 0 Å². The zero-order valence-corrected chi connectivity index (χ0v) is 19.9. The van der Waals surface area contributed by atoms with E-state index in [9.17, 15) is 4.79 Å².